The van der Waals surface area contributed by atoms with Gasteiger partial charge in [0, 0.05) is 13.7 Å². The predicted octanol–water partition coefficient (Wildman–Crippen LogP) is 4.97. The van der Waals surface area contributed by atoms with Crippen molar-refractivity contribution >= 4 is 67.4 Å². The molecule has 2 aromatic rings. The summed E-state index contributed by atoms with van der Waals surface area (Å²) in [6, 6.07) is 13.0. The van der Waals surface area contributed by atoms with Gasteiger partial charge in [0.2, 0.25) is 0 Å². The maximum Gasteiger partial charge on any atom is 0.261 e. The highest BCUT2D eigenvalue weighted by Gasteiger charge is 2.14. The lowest BCUT2D eigenvalue weighted by molar-refractivity contribution is 0.0973. The van der Waals surface area contributed by atoms with Gasteiger partial charge in [-0.25, -0.2) is 0 Å². The monoisotopic (exact) mass is 518 g/mol. The van der Waals surface area contributed by atoms with Crippen LogP contribution in [0.1, 0.15) is 23.7 Å². The van der Waals surface area contributed by atoms with Crippen molar-refractivity contribution in [3.8, 4) is 5.75 Å². The summed E-state index contributed by atoms with van der Waals surface area (Å²) < 4.78 is 7.55. The molecule has 2 aromatic carbocycles. The first-order valence-corrected chi connectivity index (χ1v) is 9.58. The highest BCUT2D eigenvalue weighted by Crippen LogP contribution is 2.23. The zero-order chi connectivity index (χ0) is 17.5. The first kappa shape index (κ1) is 19.1. The van der Waals surface area contributed by atoms with E-state index < -0.39 is 0 Å². The van der Waals surface area contributed by atoms with Crippen LogP contribution in [0, 0.1) is 3.57 Å². The molecule has 4 nitrogen and oxygen atoms in total. The van der Waals surface area contributed by atoms with E-state index in [0.29, 0.717) is 17.9 Å². The minimum atomic E-state index is -0.314. The van der Waals surface area contributed by atoms with Gasteiger partial charge in [-0.15, -0.1) is 0 Å². The van der Waals surface area contributed by atoms with Crippen molar-refractivity contribution in [2.24, 2.45) is 0 Å². The Kier molecular flexibility index (Phi) is 7.44. The number of carbonyl (C=O) groups excluding carboxylic acids is 1. The molecule has 126 valence electrons. The van der Waals surface area contributed by atoms with Gasteiger partial charge in [-0.3, -0.25) is 10.1 Å². The number of nitrogens with one attached hydrogen (secondary N) is 2. The van der Waals surface area contributed by atoms with Gasteiger partial charge in [-0.2, -0.15) is 0 Å². The van der Waals surface area contributed by atoms with Crippen LogP contribution in [0.2, 0.25) is 0 Å². The summed E-state index contributed by atoms with van der Waals surface area (Å²) in [6.07, 6.45) is 0.865. The SMILES string of the molecule is CCCOc1ccc(Br)cc1C(=O)NC(=S)Nc1ccc(I)cc1. The Morgan fingerprint density at radius 3 is 2.62 bits per heavy atom. The van der Waals surface area contributed by atoms with Crippen molar-refractivity contribution in [2.45, 2.75) is 13.3 Å². The van der Waals surface area contributed by atoms with Gasteiger partial charge in [-0.1, -0.05) is 22.9 Å². The maximum absolute atomic E-state index is 12.5. The number of rotatable bonds is 5. The minimum absolute atomic E-state index is 0.239. The molecule has 24 heavy (non-hydrogen) atoms. The summed E-state index contributed by atoms with van der Waals surface area (Å²) in [4.78, 5) is 12.5. The zero-order valence-corrected chi connectivity index (χ0v) is 17.5. The number of anilines is 1. The van der Waals surface area contributed by atoms with Crippen LogP contribution in [0.5, 0.6) is 5.75 Å². The number of hydrogen-bond donors (Lipinski definition) is 2. The molecule has 0 saturated heterocycles. The molecule has 0 aliphatic carbocycles. The highest BCUT2D eigenvalue weighted by molar-refractivity contribution is 14.1. The second-order valence-electron chi connectivity index (χ2n) is 4.90. The van der Waals surface area contributed by atoms with Crippen LogP contribution in [0.3, 0.4) is 0 Å². The van der Waals surface area contributed by atoms with Crippen LogP contribution in [-0.2, 0) is 0 Å². The second-order valence-corrected chi connectivity index (χ2v) is 7.47. The molecule has 0 aliphatic rings. The van der Waals surface area contributed by atoms with Crippen molar-refractivity contribution in [1.82, 2.24) is 5.32 Å². The largest absolute Gasteiger partial charge is 0.493 e. The fourth-order valence-corrected chi connectivity index (χ4v) is 2.81. The number of thiocarbonyl (C=S) groups is 1. The van der Waals surface area contributed by atoms with Crippen molar-refractivity contribution in [3.63, 3.8) is 0 Å². The fourth-order valence-electron chi connectivity index (χ4n) is 1.88. The van der Waals surface area contributed by atoms with E-state index in [1.165, 1.54) is 0 Å². The lowest BCUT2D eigenvalue weighted by Gasteiger charge is -2.13. The average Bonchev–Trinajstić information content (AvgIpc) is 2.55. The maximum atomic E-state index is 12.5. The molecule has 1 amide bonds. The number of hydrogen-bond acceptors (Lipinski definition) is 3. The van der Waals surface area contributed by atoms with Crippen molar-refractivity contribution in [2.75, 3.05) is 11.9 Å². The number of amides is 1. The first-order valence-electron chi connectivity index (χ1n) is 7.30. The Balaban J connectivity index is 2.06. The number of halogens is 2. The van der Waals surface area contributed by atoms with Crippen LogP contribution < -0.4 is 15.4 Å². The van der Waals surface area contributed by atoms with E-state index in [-0.39, 0.29) is 11.0 Å². The molecule has 0 fully saturated rings. The molecule has 2 rings (SSSR count). The molecule has 0 radical (unpaired) electrons. The van der Waals surface area contributed by atoms with Crippen LogP contribution >= 0.6 is 50.7 Å². The third-order valence-electron chi connectivity index (χ3n) is 2.98. The smallest absolute Gasteiger partial charge is 0.261 e. The summed E-state index contributed by atoms with van der Waals surface area (Å²) in [7, 11) is 0. The van der Waals surface area contributed by atoms with Crippen LogP contribution in [0.4, 0.5) is 5.69 Å². The molecule has 0 aliphatic heterocycles. The standard InChI is InChI=1S/C17H16BrIN2O2S/c1-2-9-23-15-8-3-11(18)10-14(15)16(22)21-17(24)20-13-6-4-12(19)5-7-13/h3-8,10H,2,9H2,1H3,(H2,20,21,22,24). The lowest BCUT2D eigenvalue weighted by atomic mass is 10.2. The second kappa shape index (κ2) is 9.33. The molecule has 7 heteroatoms. The van der Waals surface area contributed by atoms with E-state index in [1.54, 1.807) is 12.1 Å². The highest BCUT2D eigenvalue weighted by atomic mass is 127. The van der Waals surface area contributed by atoms with Crippen molar-refractivity contribution < 1.29 is 9.53 Å². The summed E-state index contributed by atoms with van der Waals surface area (Å²) in [5.41, 5.74) is 1.25. The molecule has 0 saturated carbocycles. The molecule has 0 aromatic heterocycles. The molecule has 0 heterocycles. The normalized spacial score (nSPS) is 10.1. The third-order valence-corrected chi connectivity index (χ3v) is 4.39. The summed E-state index contributed by atoms with van der Waals surface area (Å²) in [6.45, 7) is 2.56. The van der Waals surface area contributed by atoms with Crippen molar-refractivity contribution in [3.05, 3.63) is 56.1 Å². The minimum Gasteiger partial charge on any atom is -0.493 e. The van der Waals surface area contributed by atoms with Gasteiger partial charge >= 0.3 is 0 Å². The van der Waals surface area contributed by atoms with Crippen molar-refractivity contribution in [1.29, 1.82) is 0 Å². The van der Waals surface area contributed by atoms with E-state index >= 15 is 0 Å². The number of carbonyl (C=O) groups is 1. The Bertz CT molecular complexity index is 738. The van der Waals surface area contributed by atoms with Gasteiger partial charge in [0.15, 0.2) is 5.11 Å². The first-order chi connectivity index (χ1) is 11.5. The summed E-state index contributed by atoms with van der Waals surface area (Å²) in [5.74, 6) is 0.222. The molecule has 0 bridgehead atoms. The van der Waals surface area contributed by atoms with E-state index in [4.69, 9.17) is 17.0 Å². The lowest BCUT2D eigenvalue weighted by Crippen LogP contribution is -2.34. The molecule has 0 unspecified atom stereocenters. The fraction of sp³-hybridized carbons (Fsp3) is 0.176. The van der Waals surface area contributed by atoms with E-state index in [9.17, 15) is 4.79 Å². The Morgan fingerprint density at radius 2 is 1.96 bits per heavy atom. The van der Waals surface area contributed by atoms with Crippen LogP contribution in [0.25, 0.3) is 0 Å². The van der Waals surface area contributed by atoms with Gasteiger partial charge in [0.1, 0.15) is 5.75 Å². The quantitative estimate of drug-likeness (QED) is 0.433. The topological polar surface area (TPSA) is 50.4 Å². The van der Waals surface area contributed by atoms with E-state index in [1.807, 2.05) is 37.3 Å². The molecule has 0 atom stereocenters. The molecular weight excluding hydrogens is 503 g/mol. The molecule has 2 N–H and O–H groups in total. The van der Waals surface area contributed by atoms with E-state index in [0.717, 1.165) is 20.2 Å². The van der Waals surface area contributed by atoms with Crippen LogP contribution in [0.15, 0.2) is 46.9 Å². The average molecular weight is 519 g/mol. The zero-order valence-electron chi connectivity index (χ0n) is 12.9. The number of benzene rings is 2. The molecule has 0 spiro atoms. The van der Waals surface area contributed by atoms with Crippen LogP contribution in [-0.4, -0.2) is 17.6 Å². The number of ether oxygens (including phenoxy) is 1. The Hall–Kier alpha value is -1.19. The van der Waals surface area contributed by atoms with Gasteiger partial charge in [0.05, 0.1) is 12.2 Å². The third kappa shape index (κ3) is 5.71. The predicted molar refractivity (Wildman–Crippen MR) is 113 cm³/mol. The van der Waals surface area contributed by atoms with Gasteiger partial charge in [-0.05, 0) is 83.7 Å². The Morgan fingerprint density at radius 1 is 1.25 bits per heavy atom. The van der Waals surface area contributed by atoms with E-state index in [2.05, 4.69) is 49.2 Å². The van der Waals surface area contributed by atoms with Gasteiger partial charge in [0.25, 0.3) is 5.91 Å². The summed E-state index contributed by atoms with van der Waals surface area (Å²) in [5, 5.41) is 5.91. The van der Waals surface area contributed by atoms with Gasteiger partial charge < -0.3 is 10.1 Å². The summed E-state index contributed by atoms with van der Waals surface area (Å²) >= 11 is 10.8. The Labute approximate surface area is 168 Å². The molecular formula is C17H16BrIN2O2S.